The molecule has 0 radical (unpaired) electrons. The van der Waals surface area contributed by atoms with Crippen LogP contribution in [0.25, 0.3) is 10.9 Å². The van der Waals surface area contributed by atoms with E-state index in [0.29, 0.717) is 5.39 Å². The molecule has 86 valence electrons. The summed E-state index contributed by atoms with van der Waals surface area (Å²) in [6.07, 6.45) is 0. The van der Waals surface area contributed by atoms with Crippen LogP contribution in [0.15, 0.2) is 12.1 Å². The second-order valence-corrected chi connectivity index (χ2v) is 5.38. The van der Waals surface area contributed by atoms with Crippen LogP contribution in [0.1, 0.15) is 26.5 Å². The molecule has 2 rings (SSSR count). The van der Waals surface area contributed by atoms with E-state index in [9.17, 15) is 4.39 Å². The van der Waals surface area contributed by atoms with E-state index in [1.54, 1.807) is 16.8 Å². The molecule has 1 aromatic heterocycles. The molecule has 1 heterocycles. The van der Waals surface area contributed by atoms with Gasteiger partial charge in [0.1, 0.15) is 0 Å². The van der Waals surface area contributed by atoms with Crippen molar-refractivity contribution in [2.75, 3.05) is 0 Å². The summed E-state index contributed by atoms with van der Waals surface area (Å²) < 4.78 is 15.7. The smallest absolute Gasteiger partial charge is 0.153 e. The molecule has 2 nitrogen and oxygen atoms in total. The van der Waals surface area contributed by atoms with E-state index in [4.69, 9.17) is 11.6 Å². The minimum Gasteiger partial charge on any atom is -0.268 e. The van der Waals surface area contributed by atoms with Gasteiger partial charge in [0, 0.05) is 12.5 Å². The summed E-state index contributed by atoms with van der Waals surface area (Å²) in [5, 5.41) is 5.06. The van der Waals surface area contributed by atoms with Crippen LogP contribution in [0.4, 0.5) is 4.39 Å². The molecule has 1 aromatic carbocycles. The van der Waals surface area contributed by atoms with Crippen LogP contribution < -0.4 is 0 Å². The lowest BCUT2D eigenvalue weighted by atomic mass is 9.90. The molecule has 0 saturated heterocycles. The third-order valence-electron chi connectivity index (χ3n) is 2.62. The van der Waals surface area contributed by atoms with Gasteiger partial charge in [-0.25, -0.2) is 4.39 Å². The number of halogens is 2. The molecule has 0 amide bonds. The van der Waals surface area contributed by atoms with Gasteiger partial charge in [-0.05, 0) is 12.1 Å². The number of benzene rings is 1. The Morgan fingerprint density at radius 1 is 1.31 bits per heavy atom. The average molecular weight is 241 g/mol. The van der Waals surface area contributed by atoms with Crippen molar-refractivity contribution in [1.29, 1.82) is 0 Å². The van der Waals surface area contributed by atoms with E-state index >= 15 is 0 Å². The predicted octanol–water partition coefficient (Wildman–Crippen LogP) is 3.66. The number of rotatable bonds is 0. The summed E-state index contributed by atoms with van der Waals surface area (Å²) in [5.41, 5.74) is 1.31. The van der Waals surface area contributed by atoms with E-state index in [2.05, 4.69) is 5.10 Å². The zero-order chi connectivity index (χ0) is 12.1. The van der Waals surface area contributed by atoms with E-state index in [-0.39, 0.29) is 16.3 Å². The maximum atomic E-state index is 14.0. The lowest BCUT2D eigenvalue weighted by molar-refractivity contribution is 0.554. The lowest BCUT2D eigenvalue weighted by Crippen LogP contribution is -2.13. The normalized spacial score (nSPS) is 12.4. The molecule has 16 heavy (non-hydrogen) atoms. The molecule has 0 spiro atoms. The number of hydrogen-bond acceptors (Lipinski definition) is 1. The first-order valence-electron chi connectivity index (χ1n) is 5.13. The fraction of sp³-hybridized carbons (Fsp3) is 0.417. The van der Waals surface area contributed by atoms with E-state index in [1.807, 2.05) is 27.8 Å². The third-order valence-corrected chi connectivity index (χ3v) is 2.91. The van der Waals surface area contributed by atoms with Crippen molar-refractivity contribution in [3.05, 3.63) is 28.7 Å². The summed E-state index contributed by atoms with van der Waals surface area (Å²) in [6.45, 7) is 6.03. The SMILES string of the molecule is Cn1nc(C(C)(C)C)c2c(F)c(Cl)ccc21. The average Bonchev–Trinajstić information content (AvgIpc) is 2.50. The molecule has 0 bridgehead atoms. The van der Waals surface area contributed by atoms with Crippen molar-refractivity contribution in [2.24, 2.45) is 7.05 Å². The van der Waals surface area contributed by atoms with E-state index in [0.717, 1.165) is 11.2 Å². The minimum atomic E-state index is -0.378. The van der Waals surface area contributed by atoms with Crippen molar-refractivity contribution in [3.63, 3.8) is 0 Å². The second-order valence-electron chi connectivity index (χ2n) is 4.98. The summed E-state index contributed by atoms with van der Waals surface area (Å²) in [4.78, 5) is 0. The van der Waals surface area contributed by atoms with Gasteiger partial charge in [-0.2, -0.15) is 5.10 Å². The quantitative estimate of drug-likeness (QED) is 0.687. The molecule has 0 saturated carbocycles. The maximum absolute atomic E-state index is 14.0. The third kappa shape index (κ3) is 1.59. The molecule has 0 aliphatic carbocycles. The Labute approximate surface area is 99.0 Å². The van der Waals surface area contributed by atoms with Gasteiger partial charge in [-0.3, -0.25) is 4.68 Å². The van der Waals surface area contributed by atoms with Gasteiger partial charge in [-0.1, -0.05) is 32.4 Å². The van der Waals surface area contributed by atoms with Gasteiger partial charge in [0.2, 0.25) is 0 Å². The minimum absolute atomic E-state index is 0.144. The molecule has 4 heteroatoms. The van der Waals surface area contributed by atoms with Crippen molar-refractivity contribution in [1.82, 2.24) is 9.78 Å². The Bertz CT molecular complexity index is 552. The van der Waals surface area contributed by atoms with Gasteiger partial charge in [0.15, 0.2) is 5.82 Å². The van der Waals surface area contributed by atoms with E-state index < -0.39 is 0 Å². The molecule has 0 aliphatic rings. The molecule has 0 unspecified atom stereocenters. The van der Waals surface area contributed by atoms with Crippen molar-refractivity contribution >= 4 is 22.5 Å². The van der Waals surface area contributed by atoms with Crippen molar-refractivity contribution in [2.45, 2.75) is 26.2 Å². The number of hydrogen-bond donors (Lipinski definition) is 0. The summed E-state index contributed by atoms with van der Waals surface area (Å²) in [7, 11) is 1.81. The van der Waals surface area contributed by atoms with Crippen LogP contribution in [0, 0.1) is 5.82 Å². The lowest BCUT2D eigenvalue weighted by Gasteiger charge is -2.15. The number of nitrogens with zero attached hydrogens (tertiary/aromatic N) is 2. The van der Waals surface area contributed by atoms with Crippen LogP contribution in [-0.4, -0.2) is 9.78 Å². The summed E-state index contributed by atoms with van der Waals surface area (Å²) in [6, 6.07) is 3.36. The monoisotopic (exact) mass is 240 g/mol. The topological polar surface area (TPSA) is 17.8 Å². The van der Waals surface area contributed by atoms with Crippen LogP contribution in [-0.2, 0) is 12.5 Å². The zero-order valence-corrected chi connectivity index (χ0v) is 10.6. The van der Waals surface area contributed by atoms with Gasteiger partial charge < -0.3 is 0 Å². The molecule has 0 aliphatic heterocycles. The Morgan fingerprint density at radius 2 is 1.94 bits per heavy atom. The largest absolute Gasteiger partial charge is 0.268 e. The zero-order valence-electron chi connectivity index (χ0n) is 9.81. The maximum Gasteiger partial charge on any atom is 0.153 e. The van der Waals surface area contributed by atoms with Crippen LogP contribution in [0.5, 0.6) is 0 Å². The van der Waals surface area contributed by atoms with Gasteiger partial charge in [0.05, 0.1) is 21.6 Å². The first kappa shape index (κ1) is 11.4. The molecular formula is C12H14ClFN2. The molecule has 0 atom stereocenters. The van der Waals surface area contributed by atoms with Crippen LogP contribution in [0.2, 0.25) is 5.02 Å². The van der Waals surface area contributed by atoms with E-state index in [1.165, 1.54) is 0 Å². The number of aromatic nitrogens is 2. The number of aryl methyl sites for hydroxylation is 1. The Morgan fingerprint density at radius 3 is 2.50 bits per heavy atom. The number of fused-ring (bicyclic) bond motifs is 1. The molecule has 0 N–H and O–H groups in total. The highest BCUT2D eigenvalue weighted by Gasteiger charge is 2.24. The second kappa shape index (κ2) is 3.45. The highest BCUT2D eigenvalue weighted by molar-refractivity contribution is 6.31. The van der Waals surface area contributed by atoms with Gasteiger partial charge in [0.25, 0.3) is 0 Å². The van der Waals surface area contributed by atoms with Crippen molar-refractivity contribution < 1.29 is 4.39 Å². The first-order valence-corrected chi connectivity index (χ1v) is 5.51. The fourth-order valence-corrected chi connectivity index (χ4v) is 1.97. The fourth-order valence-electron chi connectivity index (χ4n) is 1.81. The standard InChI is InChI=1S/C12H14ClFN2/c1-12(2,3)11-9-8(16(4)15-11)6-5-7(13)10(9)14/h5-6H,1-4H3. The molecule has 0 fully saturated rings. The van der Waals surface area contributed by atoms with Gasteiger partial charge in [-0.15, -0.1) is 0 Å². The Kier molecular flexibility index (Phi) is 2.46. The predicted molar refractivity (Wildman–Crippen MR) is 64.4 cm³/mol. The van der Waals surface area contributed by atoms with Gasteiger partial charge >= 0.3 is 0 Å². The van der Waals surface area contributed by atoms with Crippen LogP contribution >= 0.6 is 11.6 Å². The highest BCUT2D eigenvalue weighted by atomic mass is 35.5. The Balaban J connectivity index is 2.92. The first-order chi connectivity index (χ1) is 7.32. The van der Waals surface area contributed by atoms with Crippen LogP contribution in [0.3, 0.4) is 0 Å². The highest BCUT2D eigenvalue weighted by Crippen LogP contribution is 2.33. The van der Waals surface area contributed by atoms with Crippen molar-refractivity contribution in [3.8, 4) is 0 Å². The molecular weight excluding hydrogens is 227 g/mol. The molecule has 2 aromatic rings. The summed E-state index contributed by atoms with van der Waals surface area (Å²) >= 11 is 5.81. The summed E-state index contributed by atoms with van der Waals surface area (Å²) in [5.74, 6) is -0.378. The Hall–Kier alpha value is -1.09.